The van der Waals surface area contributed by atoms with Gasteiger partial charge in [0, 0.05) is 24.5 Å². The van der Waals surface area contributed by atoms with Crippen molar-refractivity contribution in [2.45, 2.75) is 31.4 Å². The number of fused-ring (bicyclic) bond motifs is 1. The fraction of sp³-hybridized carbons (Fsp3) is 0.300. The topological polar surface area (TPSA) is 55.8 Å². The first-order valence-corrected chi connectivity index (χ1v) is 9.00. The van der Waals surface area contributed by atoms with Crippen LogP contribution in [-0.4, -0.2) is 30.6 Å². The summed E-state index contributed by atoms with van der Waals surface area (Å²) < 4.78 is 94.2. The molecule has 11 heteroatoms. The number of esters is 1. The molecule has 0 radical (unpaired) electrons. The number of carbonyl (C=O) groups is 2. The molecule has 0 aromatic heterocycles. The number of rotatable bonds is 3. The number of benzene rings is 2. The van der Waals surface area contributed by atoms with E-state index in [0.717, 1.165) is 12.0 Å². The molecule has 1 aliphatic carbocycles. The molecule has 164 valence electrons. The standard InChI is InChI=1S/C20H13F6NO4/c1-7(18(28)30-2)27-10-5-8(12-13(22)15(24)17(26)16(25)14(12)23)9(21)6-11(10)31-20(3-4-20)19(27)29/h5-7H,3-4H2,1-2H3/t7-/m1/s1. The van der Waals surface area contributed by atoms with Crippen LogP contribution >= 0.6 is 0 Å². The summed E-state index contributed by atoms with van der Waals surface area (Å²) in [5.41, 5.74) is -4.10. The van der Waals surface area contributed by atoms with Crippen molar-refractivity contribution in [1.29, 1.82) is 0 Å². The third kappa shape index (κ3) is 2.94. The minimum Gasteiger partial charge on any atom is -0.475 e. The molecule has 1 saturated carbocycles. The SMILES string of the molecule is COC(=O)[C@@H](C)N1C(=O)C2(CC2)Oc2cc(F)c(-c3c(F)c(F)c(F)c(F)c3F)cc21. The average Bonchev–Trinajstić information content (AvgIpc) is 3.52. The van der Waals surface area contributed by atoms with Crippen LogP contribution in [0.2, 0.25) is 0 Å². The molecule has 0 bridgehead atoms. The van der Waals surface area contributed by atoms with Crippen molar-refractivity contribution in [2.24, 2.45) is 0 Å². The van der Waals surface area contributed by atoms with E-state index in [0.29, 0.717) is 12.1 Å². The van der Waals surface area contributed by atoms with E-state index in [9.17, 15) is 35.9 Å². The second-order valence-electron chi connectivity index (χ2n) is 7.22. The fourth-order valence-corrected chi connectivity index (χ4v) is 3.52. The summed E-state index contributed by atoms with van der Waals surface area (Å²) in [4.78, 5) is 25.9. The van der Waals surface area contributed by atoms with Crippen LogP contribution in [0.3, 0.4) is 0 Å². The number of carbonyl (C=O) groups excluding carboxylic acids is 2. The van der Waals surface area contributed by atoms with Gasteiger partial charge < -0.3 is 9.47 Å². The molecule has 1 heterocycles. The van der Waals surface area contributed by atoms with Gasteiger partial charge in [0.05, 0.1) is 18.4 Å². The second-order valence-corrected chi connectivity index (χ2v) is 7.22. The van der Waals surface area contributed by atoms with Crippen LogP contribution in [-0.2, 0) is 14.3 Å². The molecule has 0 unspecified atom stereocenters. The van der Waals surface area contributed by atoms with E-state index in [1.807, 2.05) is 0 Å². The summed E-state index contributed by atoms with van der Waals surface area (Å²) in [5, 5.41) is 0. The van der Waals surface area contributed by atoms with Crippen molar-refractivity contribution in [3.05, 3.63) is 47.0 Å². The summed E-state index contributed by atoms with van der Waals surface area (Å²) >= 11 is 0. The first kappa shape index (κ1) is 21.0. The lowest BCUT2D eigenvalue weighted by atomic mass is 9.99. The van der Waals surface area contributed by atoms with Crippen LogP contribution in [0.4, 0.5) is 32.0 Å². The zero-order chi connectivity index (χ0) is 22.8. The number of hydrogen-bond acceptors (Lipinski definition) is 4. The molecule has 0 saturated heterocycles. The van der Waals surface area contributed by atoms with Gasteiger partial charge in [0.1, 0.15) is 17.6 Å². The molecule has 1 fully saturated rings. The number of hydrogen-bond donors (Lipinski definition) is 0. The maximum atomic E-state index is 14.8. The second kappa shape index (κ2) is 6.89. The van der Waals surface area contributed by atoms with E-state index in [2.05, 4.69) is 4.74 Å². The third-order valence-corrected chi connectivity index (χ3v) is 5.33. The van der Waals surface area contributed by atoms with Crippen molar-refractivity contribution in [3.8, 4) is 16.9 Å². The first-order chi connectivity index (χ1) is 14.5. The van der Waals surface area contributed by atoms with E-state index in [4.69, 9.17) is 4.74 Å². The lowest BCUT2D eigenvalue weighted by Gasteiger charge is -2.37. The lowest BCUT2D eigenvalue weighted by molar-refractivity contribution is -0.144. The summed E-state index contributed by atoms with van der Waals surface area (Å²) in [6.45, 7) is 1.30. The highest BCUT2D eigenvalue weighted by Crippen LogP contribution is 2.51. The van der Waals surface area contributed by atoms with Crippen molar-refractivity contribution in [1.82, 2.24) is 0 Å². The smallest absolute Gasteiger partial charge is 0.328 e. The fourth-order valence-electron chi connectivity index (χ4n) is 3.52. The Kier molecular flexibility index (Phi) is 4.67. The van der Waals surface area contributed by atoms with E-state index in [1.54, 1.807) is 0 Å². The Balaban J connectivity index is 1.96. The van der Waals surface area contributed by atoms with Gasteiger partial charge in [-0.25, -0.2) is 31.1 Å². The largest absolute Gasteiger partial charge is 0.475 e. The Labute approximate surface area is 171 Å². The monoisotopic (exact) mass is 445 g/mol. The summed E-state index contributed by atoms with van der Waals surface area (Å²) in [7, 11) is 1.07. The maximum absolute atomic E-state index is 14.8. The molecule has 2 aliphatic rings. The molecule has 0 N–H and O–H groups in total. The Bertz CT molecular complexity index is 1120. The van der Waals surface area contributed by atoms with Crippen LogP contribution in [0.25, 0.3) is 11.1 Å². The molecular formula is C20H13F6NO4. The highest BCUT2D eigenvalue weighted by molar-refractivity contribution is 6.08. The van der Waals surface area contributed by atoms with Crippen LogP contribution in [0, 0.1) is 34.9 Å². The summed E-state index contributed by atoms with van der Waals surface area (Å²) in [5.74, 6) is -14.5. The van der Waals surface area contributed by atoms with Gasteiger partial charge in [0.25, 0.3) is 5.91 Å². The number of amides is 1. The van der Waals surface area contributed by atoms with Gasteiger partial charge in [-0.15, -0.1) is 0 Å². The Morgan fingerprint density at radius 1 is 1.03 bits per heavy atom. The quantitative estimate of drug-likeness (QED) is 0.310. The number of anilines is 1. The molecule has 1 amide bonds. The van der Waals surface area contributed by atoms with Gasteiger partial charge >= 0.3 is 5.97 Å². The van der Waals surface area contributed by atoms with Gasteiger partial charge in [0.15, 0.2) is 28.9 Å². The number of methoxy groups -OCH3 is 1. The number of halogens is 6. The maximum Gasteiger partial charge on any atom is 0.328 e. The van der Waals surface area contributed by atoms with Crippen LogP contribution in [0.15, 0.2) is 12.1 Å². The predicted octanol–water partition coefficient (Wildman–Crippen LogP) is 4.01. The highest BCUT2D eigenvalue weighted by Gasteiger charge is 2.59. The van der Waals surface area contributed by atoms with Gasteiger partial charge in [-0.05, 0) is 13.0 Å². The molecular weight excluding hydrogens is 432 g/mol. The lowest BCUT2D eigenvalue weighted by Crippen LogP contribution is -2.54. The van der Waals surface area contributed by atoms with Crippen LogP contribution in [0.5, 0.6) is 5.75 Å². The van der Waals surface area contributed by atoms with Gasteiger partial charge in [0.2, 0.25) is 5.82 Å². The van der Waals surface area contributed by atoms with Gasteiger partial charge in [-0.2, -0.15) is 0 Å². The molecule has 1 spiro atoms. The first-order valence-electron chi connectivity index (χ1n) is 9.00. The zero-order valence-electron chi connectivity index (χ0n) is 16.0. The predicted molar refractivity (Wildman–Crippen MR) is 93.2 cm³/mol. The van der Waals surface area contributed by atoms with Crippen molar-refractivity contribution in [2.75, 3.05) is 12.0 Å². The van der Waals surface area contributed by atoms with E-state index >= 15 is 0 Å². The van der Waals surface area contributed by atoms with Crippen molar-refractivity contribution < 1.29 is 45.4 Å². The van der Waals surface area contributed by atoms with Crippen LogP contribution < -0.4 is 9.64 Å². The molecule has 1 aliphatic heterocycles. The Morgan fingerprint density at radius 3 is 2.10 bits per heavy atom. The molecule has 31 heavy (non-hydrogen) atoms. The van der Waals surface area contributed by atoms with Gasteiger partial charge in [-0.3, -0.25) is 9.69 Å². The number of ether oxygens (including phenoxy) is 2. The van der Waals surface area contributed by atoms with E-state index in [-0.39, 0.29) is 24.3 Å². The molecule has 5 nitrogen and oxygen atoms in total. The van der Waals surface area contributed by atoms with Crippen molar-refractivity contribution in [3.63, 3.8) is 0 Å². The van der Waals surface area contributed by atoms with Gasteiger partial charge in [-0.1, -0.05) is 0 Å². The zero-order valence-corrected chi connectivity index (χ0v) is 16.0. The Morgan fingerprint density at radius 2 is 1.58 bits per heavy atom. The molecule has 1 atom stereocenters. The van der Waals surface area contributed by atoms with E-state index in [1.165, 1.54) is 6.92 Å². The summed E-state index contributed by atoms with van der Waals surface area (Å²) in [6.07, 6.45) is 0.577. The van der Waals surface area contributed by atoms with Crippen molar-refractivity contribution >= 4 is 17.6 Å². The number of nitrogens with zero attached hydrogens (tertiary/aromatic N) is 1. The summed E-state index contributed by atoms with van der Waals surface area (Å²) in [6, 6.07) is 0.134. The highest BCUT2D eigenvalue weighted by atomic mass is 19.2. The van der Waals surface area contributed by atoms with E-state index < -0.39 is 69.5 Å². The molecule has 4 rings (SSSR count). The Hall–Kier alpha value is -3.24. The average molecular weight is 445 g/mol. The van der Waals surface area contributed by atoms with Crippen LogP contribution in [0.1, 0.15) is 19.8 Å². The minimum atomic E-state index is -2.40. The molecule has 2 aromatic carbocycles. The third-order valence-electron chi connectivity index (χ3n) is 5.33. The normalized spacial score (nSPS) is 17.3. The minimum absolute atomic E-state index is 0.224. The molecule has 2 aromatic rings.